The molecular weight excluding hydrogens is 512 g/mol. The number of allylic oxidation sites excluding steroid dienone is 1. The van der Waals surface area contributed by atoms with E-state index in [-0.39, 0.29) is 23.8 Å². The molecule has 0 bridgehead atoms. The van der Waals surface area contributed by atoms with Crippen LogP contribution in [0, 0.1) is 0 Å². The molecular formula is C28H23BrO6. The van der Waals surface area contributed by atoms with Crippen LogP contribution in [0.3, 0.4) is 0 Å². The number of fused-ring (bicyclic) bond motifs is 2. The zero-order chi connectivity index (χ0) is 24.7. The maximum atomic E-state index is 12.9. The number of halogens is 1. The molecule has 0 saturated heterocycles. The minimum Gasteiger partial charge on any atom is -0.467 e. The highest BCUT2D eigenvalue weighted by Crippen LogP contribution is 2.38. The number of carbonyl (C=O) groups is 2. The molecule has 0 aliphatic carbocycles. The first-order valence-electron chi connectivity index (χ1n) is 11.1. The molecule has 7 heteroatoms. The summed E-state index contributed by atoms with van der Waals surface area (Å²) in [6, 6.07) is 15.9. The van der Waals surface area contributed by atoms with Crippen LogP contribution in [0.5, 0.6) is 17.2 Å². The quantitative estimate of drug-likeness (QED) is 0.218. The lowest BCUT2D eigenvalue weighted by atomic mass is 9.87. The monoisotopic (exact) mass is 534 g/mol. The molecule has 0 fully saturated rings. The van der Waals surface area contributed by atoms with Crippen molar-refractivity contribution in [1.29, 1.82) is 0 Å². The van der Waals surface area contributed by atoms with Crippen molar-refractivity contribution in [2.24, 2.45) is 0 Å². The number of ether oxygens (including phenoxy) is 4. The van der Waals surface area contributed by atoms with E-state index in [4.69, 9.17) is 18.9 Å². The van der Waals surface area contributed by atoms with Gasteiger partial charge in [0.05, 0.1) is 17.7 Å². The van der Waals surface area contributed by atoms with Crippen LogP contribution in [0.15, 0.2) is 64.8 Å². The molecule has 0 saturated carbocycles. The minimum atomic E-state index is -0.481. The summed E-state index contributed by atoms with van der Waals surface area (Å²) in [5.41, 5.74) is 3.55. The predicted molar refractivity (Wildman–Crippen MR) is 134 cm³/mol. The third-order valence-corrected chi connectivity index (χ3v) is 6.29. The molecule has 3 aromatic rings. The van der Waals surface area contributed by atoms with Gasteiger partial charge in [0.1, 0.15) is 17.2 Å². The predicted octanol–water partition coefficient (Wildman–Crippen LogP) is 6.45. The number of hydrogen-bond acceptors (Lipinski definition) is 6. The second-order valence-electron chi connectivity index (χ2n) is 9.41. The Balaban J connectivity index is 1.36. The Morgan fingerprint density at radius 2 is 1.83 bits per heavy atom. The number of carbonyl (C=O) groups excluding carboxylic acids is 2. The summed E-state index contributed by atoms with van der Waals surface area (Å²) in [7, 11) is 0. The van der Waals surface area contributed by atoms with Crippen molar-refractivity contribution in [2.45, 2.75) is 32.8 Å². The molecule has 0 radical (unpaired) electrons. The van der Waals surface area contributed by atoms with Crippen LogP contribution < -0.4 is 14.2 Å². The van der Waals surface area contributed by atoms with Crippen LogP contribution in [0.1, 0.15) is 58.2 Å². The molecule has 2 aliphatic heterocycles. The zero-order valence-electron chi connectivity index (χ0n) is 19.5. The molecule has 0 N–H and O–H groups in total. The number of esters is 1. The molecule has 0 aromatic heterocycles. The van der Waals surface area contributed by atoms with Gasteiger partial charge in [0.2, 0.25) is 5.78 Å². The van der Waals surface area contributed by atoms with E-state index < -0.39 is 5.97 Å². The van der Waals surface area contributed by atoms with Gasteiger partial charge in [-0.15, -0.1) is 0 Å². The van der Waals surface area contributed by atoms with Crippen molar-refractivity contribution in [3.63, 3.8) is 0 Å². The smallest absolute Gasteiger partial charge is 0.343 e. The van der Waals surface area contributed by atoms with Gasteiger partial charge in [-0.05, 0) is 53.5 Å². The van der Waals surface area contributed by atoms with E-state index >= 15 is 0 Å². The summed E-state index contributed by atoms with van der Waals surface area (Å²) < 4.78 is 23.2. The summed E-state index contributed by atoms with van der Waals surface area (Å²) in [5, 5.41) is 0. The van der Waals surface area contributed by atoms with Crippen LogP contribution in [-0.2, 0) is 16.8 Å². The Labute approximate surface area is 211 Å². The van der Waals surface area contributed by atoms with Gasteiger partial charge in [-0.2, -0.15) is 0 Å². The normalized spacial score (nSPS) is 15.8. The van der Waals surface area contributed by atoms with Gasteiger partial charge < -0.3 is 18.9 Å². The van der Waals surface area contributed by atoms with E-state index in [0.29, 0.717) is 40.5 Å². The summed E-state index contributed by atoms with van der Waals surface area (Å²) in [4.78, 5) is 25.6. The van der Waals surface area contributed by atoms with Crippen molar-refractivity contribution < 1.29 is 28.5 Å². The average molecular weight is 535 g/mol. The van der Waals surface area contributed by atoms with Crippen molar-refractivity contribution >= 4 is 33.8 Å². The number of rotatable bonds is 3. The molecule has 178 valence electrons. The van der Waals surface area contributed by atoms with Crippen LogP contribution in [-0.4, -0.2) is 18.5 Å². The molecule has 3 aromatic carbocycles. The lowest BCUT2D eigenvalue weighted by Gasteiger charge is -2.20. The minimum absolute atomic E-state index is 0.00739. The Kier molecular flexibility index (Phi) is 5.99. The van der Waals surface area contributed by atoms with Crippen molar-refractivity contribution in [1.82, 2.24) is 0 Å². The first kappa shape index (κ1) is 23.3. The first-order valence-corrected chi connectivity index (χ1v) is 11.9. The van der Waals surface area contributed by atoms with Gasteiger partial charge in [-0.25, -0.2) is 4.79 Å². The standard InChI is InChI=1S/C28H23BrO6/c1-28(2,3)19-6-4-16(5-7-19)27(31)34-21-8-9-22-23(13-21)35-24(25(22)30)12-17-10-20(29)11-18-14-32-15-33-26(17)18/h4-13H,14-15H2,1-3H3/b24-12-. The average Bonchev–Trinajstić information content (AvgIpc) is 3.13. The lowest BCUT2D eigenvalue weighted by Crippen LogP contribution is -2.12. The van der Waals surface area contributed by atoms with Gasteiger partial charge in [0.25, 0.3) is 0 Å². The first-order chi connectivity index (χ1) is 16.7. The van der Waals surface area contributed by atoms with Crippen molar-refractivity contribution in [2.75, 3.05) is 6.79 Å². The highest BCUT2D eigenvalue weighted by Gasteiger charge is 2.29. The van der Waals surface area contributed by atoms with Crippen molar-refractivity contribution in [3.8, 4) is 17.2 Å². The highest BCUT2D eigenvalue weighted by atomic mass is 79.9. The maximum Gasteiger partial charge on any atom is 0.343 e. The van der Waals surface area contributed by atoms with E-state index in [2.05, 4.69) is 36.7 Å². The molecule has 0 atom stereocenters. The van der Waals surface area contributed by atoms with E-state index in [1.54, 1.807) is 36.4 Å². The van der Waals surface area contributed by atoms with E-state index in [1.165, 1.54) is 0 Å². The van der Waals surface area contributed by atoms with Gasteiger partial charge >= 0.3 is 5.97 Å². The topological polar surface area (TPSA) is 71.1 Å². The number of hydrogen-bond donors (Lipinski definition) is 0. The number of Topliss-reactive ketones (excluding diaryl/α,β-unsaturated/α-hetero) is 1. The summed E-state index contributed by atoms with van der Waals surface area (Å²) in [6.07, 6.45) is 1.65. The summed E-state index contributed by atoms with van der Waals surface area (Å²) in [6.45, 7) is 6.91. The van der Waals surface area contributed by atoms with Crippen LogP contribution in [0.4, 0.5) is 0 Å². The second kappa shape index (κ2) is 8.98. The van der Waals surface area contributed by atoms with Crippen LogP contribution >= 0.6 is 15.9 Å². The fraction of sp³-hybridized carbons (Fsp3) is 0.214. The highest BCUT2D eigenvalue weighted by molar-refractivity contribution is 9.10. The Morgan fingerprint density at radius 1 is 1.06 bits per heavy atom. The Morgan fingerprint density at radius 3 is 2.57 bits per heavy atom. The van der Waals surface area contributed by atoms with Crippen molar-refractivity contribution in [3.05, 3.63) is 92.6 Å². The molecule has 5 rings (SSSR count). The van der Waals surface area contributed by atoms with Gasteiger partial charge in [0, 0.05) is 21.7 Å². The van der Waals surface area contributed by atoms with Gasteiger partial charge in [-0.3, -0.25) is 4.79 Å². The molecule has 0 unspecified atom stereocenters. The molecule has 2 heterocycles. The van der Waals surface area contributed by atoms with Gasteiger partial charge in [0.15, 0.2) is 12.6 Å². The third-order valence-electron chi connectivity index (χ3n) is 5.83. The molecule has 2 aliphatic rings. The van der Waals surface area contributed by atoms with E-state index in [9.17, 15) is 9.59 Å². The maximum absolute atomic E-state index is 12.9. The largest absolute Gasteiger partial charge is 0.467 e. The Bertz CT molecular complexity index is 1370. The molecule has 0 amide bonds. The fourth-order valence-electron chi connectivity index (χ4n) is 3.96. The third kappa shape index (κ3) is 4.74. The SMILES string of the molecule is CC(C)(C)c1ccc(C(=O)Oc2ccc3c(c2)O/C(=C\c2cc(Br)cc4c2OCOC4)C3=O)cc1. The van der Waals surface area contributed by atoms with Crippen LogP contribution in [0.25, 0.3) is 6.08 Å². The van der Waals surface area contributed by atoms with E-state index in [0.717, 1.165) is 15.6 Å². The summed E-state index contributed by atoms with van der Waals surface area (Å²) >= 11 is 3.48. The number of benzene rings is 3. The molecule has 0 spiro atoms. The fourth-order valence-corrected chi connectivity index (χ4v) is 4.48. The van der Waals surface area contributed by atoms with E-state index in [1.807, 2.05) is 24.3 Å². The molecule has 6 nitrogen and oxygen atoms in total. The second-order valence-corrected chi connectivity index (χ2v) is 10.3. The number of ketones is 1. The van der Waals surface area contributed by atoms with Crippen LogP contribution in [0.2, 0.25) is 0 Å². The lowest BCUT2D eigenvalue weighted by molar-refractivity contribution is -0.0165. The Hall–Kier alpha value is -3.42. The molecule has 35 heavy (non-hydrogen) atoms. The summed E-state index contributed by atoms with van der Waals surface area (Å²) in [5.74, 6) is 0.718. The van der Waals surface area contributed by atoms with Gasteiger partial charge in [-0.1, -0.05) is 48.8 Å². The zero-order valence-corrected chi connectivity index (χ0v) is 21.1.